The van der Waals surface area contributed by atoms with Crippen molar-refractivity contribution in [2.24, 2.45) is 5.73 Å². The molecule has 0 saturated heterocycles. The predicted octanol–water partition coefficient (Wildman–Crippen LogP) is 2.83. The Morgan fingerprint density at radius 1 is 1.08 bits per heavy atom. The van der Waals surface area contributed by atoms with E-state index in [9.17, 15) is 14.4 Å². The molecule has 0 aliphatic rings. The van der Waals surface area contributed by atoms with Crippen LogP contribution in [-0.2, 0) is 4.74 Å². The molecule has 0 aliphatic heterocycles. The molecule has 0 atom stereocenters. The molecular weight excluding hydrogens is 308 g/mol. The minimum atomic E-state index is -0.731. The Bertz CT molecular complexity index is 799. The first-order chi connectivity index (χ1) is 11.4. The fourth-order valence-corrected chi connectivity index (χ4v) is 2.19. The average Bonchev–Trinajstić information content (AvgIpc) is 2.54. The lowest BCUT2D eigenvalue weighted by molar-refractivity contribution is 0.0474. The van der Waals surface area contributed by atoms with Gasteiger partial charge in [0.25, 0.3) is 0 Å². The normalized spacial score (nSPS) is 10.1. The molecule has 0 saturated carbocycles. The van der Waals surface area contributed by atoms with Gasteiger partial charge in [0.05, 0.1) is 5.56 Å². The molecule has 0 unspecified atom stereocenters. The van der Waals surface area contributed by atoms with Crippen LogP contribution in [0.1, 0.15) is 31.8 Å². The van der Waals surface area contributed by atoms with Gasteiger partial charge in [0.1, 0.15) is 0 Å². The predicted molar refractivity (Wildman–Crippen MR) is 90.2 cm³/mol. The van der Waals surface area contributed by atoms with Crippen molar-refractivity contribution in [1.82, 2.24) is 0 Å². The van der Waals surface area contributed by atoms with Crippen LogP contribution in [0.5, 0.6) is 0 Å². The first-order valence-electron chi connectivity index (χ1n) is 7.31. The molecule has 0 fully saturated rings. The number of ether oxygens (including phenoxy) is 1. The molecule has 124 valence electrons. The van der Waals surface area contributed by atoms with E-state index in [-0.39, 0.29) is 18.0 Å². The Balaban J connectivity index is 2.04. The van der Waals surface area contributed by atoms with E-state index >= 15 is 0 Å². The zero-order valence-corrected chi connectivity index (χ0v) is 13.5. The van der Waals surface area contributed by atoms with Crippen LogP contribution in [0.3, 0.4) is 0 Å². The van der Waals surface area contributed by atoms with Crippen molar-refractivity contribution in [3.8, 4) is 0 Å². The van der Waals surface area contributed by atoms with Crippen LogP contribution in [0.15, 0.2) is 42.5 Å². The number of anilines is 1. The van der Waals surface area contributed by atoms with Gasteiger partial charge in [-0.15, -0.1) is 0 Å². The molecule has 2 amide bonds. The fraction of sp³-hybridized carbons (Fsp3) is 0.167. The molecule has 3 N–H and O–H groups in total. The van der Waals surface area contributed by atoms with Gasteiger partial charge >= 0.3 is 12.0 Å². The number of esters is 1. The number of primary amides is 1. The van der Waals surface area contributed by atoms with Crippen LogP contribution >= 0.6 is 0 Å². The number of amides is 2. The lowest BCUT2D eigenvalue weighted by Crippen LogP contribution is -2.19. The van der Waals surface area contributed by atoms with E-state index in [0.717, 1.165) is 11.1 Å². The Morgan fingerprint density at radius 2 is 1.83 bits per heavy atom. The minimum Gasteiger partial charge on any atom is -0.454 e. The molecule has 2 aromatic rings. The van der Waals surface area contributed by atoms with Crippen molar-refractivity contribution >= 4 is 23.5 Å². The second kappa shape index (κ2) is 7.41. The Labute approximate surface area is 139 Å². The van der Waals surface area contributed by atoms with Gasteiger partial charge in [-0.25, -0.2) is 9.59 Å². The number of benzene rings is 2. The molecule has 0 radical (unpaired) electrons. The monoisotopic (exact) mass is 326 g/mol. The van der Waals surface area contributed by atoms with Crippen molar-refractivity contribution < 1.29 is 19.1 Å². The standard InChI is InChI=1S/C18H18N2O4/c1-11-6-7-12(2)15(8-11)16(21)10-24-17(22)13-4-3-5-14(9-13)20-18(19)23/h3-9H,10H2,1-2H3,(H3,19,20,23). The number of carbonyl (C=O) groups is 3. The Kier molecular flexibility index (Phi) is 5.31. The van der Waals surface area contributed by atoms with E-state index in [1.54, 1.807) is 18.2 Å². The van der Waals surface area contributed by atoms with Crippen molar-refractivity contribution in [2.45, 2.75) is 13.8 Å². The van der Waals surface area contributed by atoms with E-state index < -0.39 is 12.0 Å². The molecule has 0 spiro atoms. The average molecular weight is 326 g/mol. The largest absolute Gasteiger partial charge is 0.454 e. The van der Waals surface area contributed by atoms with Gasteiger partial charge in [0.2, 0.25) is 5.78 Å². The van der Waals surface area contributed by atoms with Gasteiger partial charge in [-0.2, -0.15) is 0 Å². The number of aryl methyl sites for hydroxylation is 2. The molecule has 6 heteroatoms. The summed E-state index contributed by atoms with van der Waals surface area (Å²) < 4.78 is 5.07. The van der Waals surface area contributed by atoms with Crippen molar-refractivity contribution in [3.05, 3.63) is 64.7 Å². The second-order valence-corrected chi connectivity index (χ2v) is 5.39. The van der Waals surface area contributed by atoms with Crippen LogP contribution < -0.4 is 11.1 Å². The summed E-state index contributed by atoms with van der Waals surface area (Å²) in [5, 5.41) is 2.37. The van der Waals surface area contributed by atoms with Crippen LogP contribution in [0, 0.1) is 13.8 Å². The fourth-order valence-electron chi connectivity index (χ4n) is 2.19. The third-order valence-corrected chi connectivity index (χ3v) is 3.39. The van der Waals surface area contributed by atoms with Gasteiger partial charge < -0.3 is 15.8 Å². The number of Topliss-reactive ketones (excluding diaryl/α,β-unsaturated/α-hetero) is 1. The maximum absolute atomic E-state index is 12.2. The lowest BCUT2D eigenvalue weighted by atomic mass is 10.0. The van der Waals surface area contributed by atoms with Crippen LogP contribution in [0.25, 0.3) is 0 Å². The molecular formula is C18H18N2O4. The Morgan fingerprint density at radius 3 is 2.54 bits per heavy atom. The highest BCUT2D eigenvalue weighted by molar-refractivity contribution is 6.00. The zero-order chi connectivity index (χ0) is 17.7. The molecule has 6 nitrogen and oxygen atoms in total. The third-order valence-electron chi connectivity index (χ3n) is 3.39. The van der Waals surface area contributed by atoms with Gasteiger partial charge in [-0.1, -0.05) is 23.8 Å². The van der Waals surface area contributed by atoms with Gasteiger partial charge in [0, 0.05) is 11.3 Å². The van der Waals surface area contributed by atoms with Crippen LogP contribution in [0.2, 0.25) is 0 Å². The van der Waals surface area contributed by atoms with Crippen molar-refractivity contribution in [1.29, 1.82) is 0 Å². The van der Waals surface area contributed by atoms with E-state index in [0.29, 0.717) is 11.3 Å². The maximum Gasteiger partial charge on any atom is 0.338 e. The quantitative estimate of drug-likeness (QED) is 0.652. The summed E-state index contributed by atoms with van der Waals surface area (Å²) in [6.45, 7) is 3.36. The van der Waals surface area contributed by atoms with Gasteiger partial charge in [-0.3, -0.25) is 4.79 Å². The van der Waals surface area contributed by atoms with E-state index in [2.05, 4.69) is 5.32 Å². The molecule has 24 heavy (non-hydrogen) atoms. The topological polar surface area (TPSA) is 98.5 Å². The summed E-state index contributed by atoms with van der Waals surface area (Å²) in [4.78, 5) is 35.1. The van der Waals surface area contributed by atoms with E-state index in [4.69, 9.17) is 10.5 Å². The number of hydrogen-bond donors (Lipinski definition) is 2. The molecule has 2 rings (SSSR count). The summed E-state index contributed by atoms with van der Waals surface area (Å²) in [6, 6.07) is 10.9. The van der Waals surface area contributed by atoms with E-state index in [1.807, 2.05) is 26.0 Å². The minimum absolute atomic E-state index is 0.218. The van der Waals surface area contributed by atoms with Crippen LogP contribution in [0.4, 0.5) is 10.5 Å². The number of ketones is 1. The summed E-state index contributed by atoms with van der Waals surface area (Å²) in [5.74, 6) is -0.919. The van der Waals surface area contributed by atoms with Crippen molar-refractivity contribution in [2.75, 3.05) is 11.9 Å². The molecule has 0 aromatic heterocycles. The first kappa shape index (κ1) is 17.2. The van der Waals surface area contributed by atoms with Gasteiger partial charge in [-0.05, 0) is 43.7 Å². The smallest absolute Gasteiger partial charge is 0.338 e. The summed E-state index contributed by atoms with van der Waals surface area (Å²) in [7, 11) is 0. The third kappa shape index (κ3) is 4.42. The second-order valence-electron chi connectivity index (χ2n) is 5.39. The number of urea groups is 1. The number of nitrogens with one attached hydrogen (secondary N) is 1. The number of rotatable bonds is 5. The SMILES string of the molecule is Cc1ccc(C)c(C(=O)COC(=O)c2cccc(NC(N)=O)c2)c1. The highest BCUT2D eigenvalue weighted by atomic mass is 16.5. The number of hydrogen-bond acceptors (Lipinski definition) is 4. The highest BCUT2D eigenvalue weighted by Crippen LogP contribution is 2.14. The maximum atomic E-state index is 12.2. The lowest BCUT2D eigenvalue weighted by Gasteiger charge is -2.08. The Hall–Kier alpha value is -3.15. The first-order valence-corrected chi connectivity index (χ1v) is 7.31. The van der Waals surface area contributed by atoms with Crippen molar-refractivity contribution in [3.63, 3.8) is 0 Å². The summed E-state index contributed by atoms with van der Waals surface area (Å²) >= 11 is 0. The molecule has 0 bridgehead atoms. The molecule has 2 aromatic carbocycles. The highest BCUT2D eigenvalue weighted by Gasteiger charge is 2.14. The number of nitrogens with two attached hydrogens (primary N) is 1. The van der Waals surface area contributed by atoms with Gasteiger partial charge in [0.15, 0.2) is 6.61 Å². The molecule has 0 aliphatic carbocycles. The molecule has 0 heterocycles. The zero-order valence-electron chi connectivity index (χ0n) is 13.5. The summed E-state index contributed by atoms with van der Waals surface area (Å²) in [5.41, 5.74) is 7.94. The van der Waals surface area contributed by atoms with Crippen LogP contribution in [-0.4, -0.2) is 24.4 Å². The number of carbonyl (C=O) groups excluding carboxylic acids is 3. The summed E-state index contributed by atoms with van der Waals surface area (Å²) in [6.07, 6.45) is 0. The van der Waals surface area contributed by atoms with E-state index in [1.165, 1.54) is 12.1 Å².